The maximum atomic E-state index is 12.4. The molecular formula is C17H16N2O. The molecule has 0 saturated carbocycles. The van der Waals surface area contributed by atoms with E-state index in [2.05, 4.69) is 10.3 Å². The quantitative estimate of drug-likeness (QED) is 0.721. The lowest BCUT2D eigenvalue weighted by Gasteiger charge is -2.05. The first-order chi connectivity index (χ1) is 9.65. The summed E-state index contributed by atoms with van der Waals surface area (Å²) in [6, 6.07) is 15.7. The minimum atomic E-state index is -0.107. The molecule has 0 radical (unpaired) electrons. The van der Waals surface area contributed by atoms with Gasteiger partial charge in [0, 0.05) is 16.6 Å². The zero-order chi connectivity index (χ0) is 14.1. The summed E-state index contributed by atoms with van der Waals surface area (Å²) in [5, 5.41) is 4.02. The number of aromatic nitrogens is 1. The second-order valence-corrected chi connectivity index (χ2v) is 4.99. The first-order valence-corrected chi connectivity index (χ1v) is 6.60. The van der Waals surface area contributed by atoms with Crippen LogP contribution in [0.4, 0.5) is 5.69 Å². The number of carbonyl (C=O) groups excluding carboxylic acids is 1. The summed E-state index contributed by atoms with van der Waals surface area (Å²) >= 11 is 0. The van der Waals surface area contributed by atoms with E-state index in [-0.39, 0.29) is 5.91 Å². The van der Waals surface area contributed by atoms with E-state index in [1.165, 1.54) is 0 Å². The summed E-state index contributed by atoms with van der Waals surface area (Å²) in [5.74, 6) is -0.107. The van der Waals surface area contributed by atoms with E-state index >= 15 is 0 Å². The topological polar surface area (TPSA) is 44.9 Å². The van der Waals surface area contributed by atoms with Crippen LogP contribution in [-0.2, 0) is 0 Å². The molecule has 0 fully saturated rings. The van der Waals surface area contributed by atoms with Gasteiger partial charge in [0.1, 0.15) is 5.69 Å². The maximum absolute atomic E-state index is 12.4. The highest BCUT2D eigenvalue weighted by molar-refractivity contribution is 6.07. The largest absolute Gasteiger partial charge is 0.350 e. The van der Waals surface area contributed by atoms with Crippen LogP contribution in [0, 0.1) is 13.8 Å². The van der Waals surface area contributed by atoms with Gasteiger partial charge in [0.2, 0.25) is 0 Å². The summed E-state index contributed by atoms with van der Waals surface area (Å²) in [4.78, 5) is 15.6. The van der Waals surface area contributed by atoms with Gasteiger partial charge in [-0.3, -0.25) is 4.79 Å². The lowest BCUT2D eigenvalue weighted by molar-refractivity contribution is 0.102. The third kappa shape index (κ3) is 2.18. The molecule has 0 aliphatic heterocycles. The summed E-state index contributed by atoms with van der Waals surface area (Å²) in [7, 11) is 0. The molecule has 0 aliphatic rings. The molecule has 0 atom stereocenters. The van der Waals surface area contributed by atoms with E-state index in [9.17, 15) is 4.79 Å². The van der Waals surface area contributed by atoms with E-state index in [0.29, 0.717) is 5.69 Å². The van der Waals surface area contributed by atoms with Gasteiger partial charge < -0.3 is 10.3 Å². The first-order valence-electron chi connectivity index (χ1n) is 6.60. The highest BCUT2D eigenvalue weighted by Gasteiger charge is 2.14. The van der Waals surface area contributed by atoms with Gasteiger partial charge in [-0.25, -0.2) is 0 Å². The molecule has 3 rings (SSSR count). The molecule has 2 N–H and O–H groups in total. The standard InChI is InChI=1S/C17H16N2O/c1-11-6-5-7-13(10-11)18-17(20)16-12(2)14-8-3-4-9-15(14)19-16/h3-10,19H,1-2H3,(H,18,20). The maximum Gasteiger partial charge on any atom is 0.272 e. The van der Waals surface area contributed by atoms with Crippen molar-refractivity contribution in [2.75, 3.05) is 5.32 Å². The first kappa shape index (κ1) is 12.5. The molecule has 100 valence electrons. The van der Waals surface area contributed by atoms with Crippen LogP contribution in [0.1, 0.15) is 21.6 Å². The second kappa shape index (κ2) is 4.85. The Morgan fingerprint density at radius 3 is 2.60 bits per heavy atom. The summed E-state index contributed by atoms with van der Waals surface area (Å²) < 4.78 is 0. The van der Waals surface area contributed by atoms with Gasteiger partial charge in [-0.15, -0.1) is 0 Å². The molecule has 0 bridgehead atoms. The minimum Gasteiger partial charge on any atom is -0.350 e. The van der Waals surface area contributed by atoms with Gasteiger partial charge >= 0.3 is 0 Å². The number of para-hydroxylation sites is 1. The van der Waals surface area contributed by atoms with Crippen LogP contribution >= 0.6 is 0 Å². The monoisotopic (exact) mass is 264 g/mol. The summed E-state index contributed by atoms with van der Waals surface area (Å²) in [5.41, 5.74) is 4.52. The number of carbonyl (C=O) groups is 1. The van der Waals surface area contributed by atoms with Crippen molar-refractivity contribution in [1.82, 2.24) is 4.98 Å². The average Bonchev–Trinajstić information content (AvgIpc) is 2.77. The van der Waals surface area contributed by atoms with Crippen LogP contribution in [-0.4, -0.2) is 10.9 Å². The third-order valence-corrected chi connectivity index (χ3v) is 3.47. The molecule has 3 aromatic rings. The molecule has 0 aliphatic carbocycles. The van der Waals surface area contributed by atoms with E-state index in [0.717, 1.165) is 27.7 Å². The van der Waals surface area contributed by atoms with E-state index in [1.807, 2.05) is 62.4 Å². The third-order valence-electron chi connectivity index (χ3n) is 3.47. The number of fused-ring (bicyclic) bond motifs is 1. The van der Waals surface area contributed by atoms with Gasteiger partial charge in [0.25, 0.3) is 5.91 Å². The summed E-state index contributed by atoms with van der Waals surface area (Å²) in [6.07, 6.45) is 0. The summed E-state index contributed by atoms with van der Waals surface area (Å²) in [6.45, 7) is 3.97. The fourth-order valence-electron chi connectivity index (χ4n) is 2.43. The molecule has 1 amide bonds. The van der Waals surface area contributed by atoms with Crippen molar-refractivity contribution in [2.45, 2.75) is 13.8 Å². The van der Waals surface area contributed by atoms with Crippen molar-refractivity contribution in [3.8, 4) is 0 Å². The van der Waals surface area contributed by atoms with Crippen LogP contribution in [0.25, 0.3) is 10.9 Å². The zero-order valence-corrected chi connectivity index (χ0v) is 11.5. The molecule has 1 heterocycles. The Balaban J connectivity index is 1.95. The number of H-pyrrole nitrogens is 1. The Morgan fingerprint density at radius 1 is 1.05 bits per heavy atom. The number of amides is 1. The smallest absolute Gasteiger partial charge is 0.272 e. The predicted octanol–water partition coefficient (Wildman–Crippen LogP) is 4.04. The number of benzene rings is 2. The van der Waals surface area contributed by atoms with E-state index in [4.69, 9.17) is 0 Å². The number of aryl methyl sites for hydroxylation is 2. The van der Waals surface area contributed by atoms with Gasteiger partial charge in [-0.2, -0.15) is 0 Å². The molecule has 0 saturated heterocycles. The SMILES string of the molecule is Cc1cccc(NC(=O)c2[nH]c3ccccc3c2C)c1. The number of nitrogens with one attached hydrogen (secondary N) is 2. The molecule has 20 heavy (non-hydrogen) atoms. The molecular weight excluding hydrogens is 248 g/mol. The highest BCUT2D eigenvalue weighted by atomic mass is 16.1. The molecule has 2 aromatic carbocycles. The Bertz CT molecular complexity index is 787. The molecule has 0 unspecified atom stereocenters. The van der Waals surface area contributed by atoms with Crippen molar-refractivity contribution in [1.29, 1.82) is 0 Å². The van der Waals surface area contributed by atoms with Crippen LogP contribution in [0.15, 0.2) is 48.5 Å². The number of aromatic amines is 1. The van der Waals surface area contributed by atoms with Gasteiger partial charge in [0.05, 0.1) is 0 Å². The van der Waals surface area contributed by atoms with Gasteiger partial charge in [-0.1, -0.05) is 30.3 Å². The van der Waals surface area contributed by atoms with Crippen LogP contribution in [0.2, 0.25) is 0 Å². The van der Waals surface area contributed by atoms with Crippen molar-refractivity contribution in [3.63, 3.8) is 0 Å². The molecule has 1 aromatic heterocycles. The Kier molecular flexibility index (Phi) is 3.03. The Labute approximate surface area is 117 Å². The normalized spacial score (nSPS) is 10.7. The number of hydrogen-bond donors (Lipinski definition) is 2. The van der Waals surface area contributed by atoms with Crippen LogP contribution < -0.4 is 5.32 Å². The zero-order valence-electron chi connectivity index (χ0n) is 11.5. The Morgan fingerprint density at radius 2 is 1.85 bits per heavy atom. The second-order valence-electron chi connectivity index (χ2n) is 4.99. The fraction of sp³-hybridized carbons (Fsp3) is 0.118. The fourth-order valence-corrected chi connectivity index (χ4v) is 2.43. The van der Waals surface area contributed by atoms with Crippen molar-refractivity contribution >= 4 is 22.5 Å². The highest BCUT2D eigenvalue weighted by Crippen LogP contribution is 2.22. The number of hydrogen-bond acceptors (Lipinski definition) is 1. The van der Waals surface area contributed by atoms with Gasteiger partial charge in [0.15, 0.2) is 0 Å². The predicted molar refractivity (Wildman–Crippen MR) is 82.2 cm³/mol. The van der Waals surface area contributed by atoms with Crippen molar-refractivity contribution < 1.29 is 4.79 Å². The minimum absolute atomic E-state index is 0.107. The average molecular weight is 264 g/mol. The van der Waals surface area contributed by atoms with Gasteiger partial charge in [-0.05, 0) is 43.2 Å². The Hall–Kier alpha value is -2.55. The lowest BCUT2D eigenvalue weighted by Crippen LogP contribution is -2.13. The number of rotatable bonds is 2. The number of anilines is 1. The van der Waals surface area contributed by atoms with E-state index < -0.39 is 0 Å². The van der Waals surface area contributed by atoms with Crippen LogP contribution in [0.5, 0.6) is 0 Å². The molecule has 0 spiro atoms. The lowest BCUT2D eigenvalue weighted by atomic mass is 10.1. The van der Waals surface area contributed by atoms with Crippen LogP contribution in [0.3, 0.4) is 0 Å². The molecule has 3 nitrogen and oxygen atoms in total. The van der Waals surface area contributed by atoms with Crippen molar-refractivity contribution in [3.05, 3.63) is 65.4 Å². The van der Waals surface area contributed by atoms with E-state index in [1.54, 1.807) is 0 Å². The van der Waals surface area contributed by atoms with Crippen molar-refractivity contribution in [2.24, 2.45) is 0 Å². The molecule has 3 heteroatoms.